The molecule has 0 aromatic heterocycles. The SMILES string of the molecule is O=C(NS(=O)(=O)[O-])[C@@H]1CC[C@@H]2CN1C(=O)N2OCc1ccccc1.[Na+]. The van der Waals surface area contributed by atoms with Crippen LogP contribution in [0.5, 0.6) is 0 Å². The van der Waals surface area contributed by atoms with Crippen LogP contribution in [-0.2, 0) is 26.5 Å². The van der Waals surface area contributed by atoms with Crippen molar-refractivity contribution in [3.63, 3.8) is 0 Å². The molecule has 2 heterocycles. The molecule has 0 saturated carbocycles. The van der Waals surface area contributed by atoms with Crippen LogP contribution in [0.3, 0.4) is 0 Å². The first kappa shape index (κ1) is 20.1. The second-order valence-electron chi connectivity index (χ2n) is 5.69. The number of carbonyl (C=O) groups is 2. The Morgan fingerprint density at radius 3 is 2.60 bits per heavy atom. The summed E-state index contributed by atoms with van der Waals surface area (Å²) in [7, 11) is -4.90. The van der Waals surface area contributed by atoms with E-state index in [1.54, 1.807) is 0 Å². The summed E-state index contributed by atoms with van der Waals surface area (Å²) in [4.78, 5) is 31.1. The summed E-state index contributed by atoms with van der Waals surface area (Å²) >= 11 is 0. The molecular formula is C14H16N3NaO6S. The van der Waals surface area contributed by atoms with Gasteiger partial charge >= 0.3 is 35.6 Å². The summed E-state index contributed by atoms with van der Waals surface area (Å²) in [5, 5.41) is 1.23. The molecule has 0 unspecified atom stereocenters. The zero-order valence-electron chi connectivity index (χ0n) is 13.6. The minimum Gasteiger partial charge on any atom is -0.731 e. The molecule has 2 bridgehead atoms. The Morgan fingerprint density at radius 1 is 1.28 bits per heavy atom. The summed E-state index contributed by atoms with van der Waals surface area (Å²) in [6.07, 6.45) is 0.747. The first-order valence-electron chi connectivity index (χ1n) is 7.39. The van der Waals surface area contributed by atoms with Crippen LogP contribution in [0.4, 0.5) is 4.79 Å². The van der Waals surface area contributed by atoms with Crippen molar-refractivity contribution < 1.29 is 57.0 Å². The van der Waals surface area contributed by atoms with Gasteiger partial charge < -0.3 is 9.45 Å². The Bertz CT molecular complexity index is 744. The van der Waals surface area contributed by atoms with E-state index in [1.165, 1.54) is 14.7 Å². The van der Waals surface area contributed by atoms with Gasteiger partial charge in [-0.1, -0.05) is 30.3 Å². The topological polar surface area (TPSA) is 119 Å². The predicted molar refractivity (Wildman–Crippen MR) is 79.8 cm³/mol. The molecule has 2 aliphatic heterocycles. The number of piperidine rings is 1. The molecule has 1 aromatic carbocycles. The number of carbonyl (C=O) groups excluding carboxylic acids is 2. The summed E-state index contributed by atoms with van der Waals surface area (Å²) in [5.74, 6) is -0.985. The maximum atomic E-state index is 12.4. The van der Waals surface area contributed by atoms with E-state index in [2.05, 4.69) is 0 Å². The molecule has 3 rings (SSSR count). The third kappa shape index (κ3) is 4.72. The number of hydrogen-bond acceptors (Lipinski definition) is 6. The second kappa shape index (κ2) is 8.02. The normalized spacial score (nSPS) is 22.5. The Labute approximate surface area is 167 Å². The van der Waals surface area contributed by atoms with Crippen molar-refractivity contribution in [1.82, 2.24) is 14.7 Å². The second-order valence-corrected chi connectivity index (χ2v) is 6.80. The molecular weight excluding hydrogens is 361 g/mol. The average Bonchev–Trinajstić information content (AvgIpc) is 2.76. The molecule has 11 heteroatoms. The molecule has 1 N–H and O–H groups in total. The average molecular weight is 377 g/mol. The molecule has 1 aromatic rings. The molecule has 9 nitrogen and oxygen atoms in total. The number of hydroxylamine groups is 2. The summed E-state index contributed by atoms with van der Waals surface area (Å²) in [6, 6.07) is 7.63. The fourth-order valence-corrected chi connectivity index (χ4v) is 3.36. The smallest absolute Gasteiger partial charge is 0.731 e. The summed E-state index contributed by atoms with van der Waals surface area (Å²) in [6.45, 7) is 0.466. The van der Waals surface area contributed by atoms with E-state index < -0.39 is 28.3 Å². The molecule has 0 spiro atoms. The van der Waals surface area contributed by atoms with Crippen LogP contribution in [0.2, 0.25) is 0 Å². The predicted octanol–water partition coefficient (Wildman–Crippen LogP) is -3.03. The molecule has 130 valence electrons. The fraction of sp³-hybridized carbons (Fsp3) is 0.429. The number of amides is 3. The van der Waals surface area contributed by atoms with Gasteiger partial charge in [-0.2, -0.15) is 5.06 Å². The minimum absolute atomic E-state index is 0. The van der Waals surface area contributed by atoms with Crippen molar-refractivity contribution in [2.24, 2.45) is 0 Å². The standard InChI is InChI=1S/C14H17N3O6S.Na/c18-13(15-24(20,21)22)12-7-6-11-8-16(12)14(19)17(11)23-9-10-4-2-1-3-5-10;/h1-5,11-12H,6-9H2,(H,15,18)(H,20,21,22);/q;+1/p-1/t11-,12+;/m1./s1. The van der Waals surface area contributed by atoms with Gasteiger partial charge in [0.25, 0.3) is 5.91 Å². The first-order valence-corrected chi connectivity index (χ1v) is 8.80. The van der Waals surface area contributed by atoms with Crippen LogP contribution in [0.1, 0.15) is 18.4 Å². The molecule has 2 saturated heterocycles. The fourth-order valence-electron chi connectivity index (χ4n) is 2.98. The Morgan fingerprint density at radius 2 is 1.96 bits per heavy atom. The molecule has 0 radical (unpaired) electrons. The van der Waals surface area contributed by atoms with Gasteiger partial charge in [0.1, 0.15) is 12.6 Å². The van der Waals surface area contributed by atoms with Gasteiger partial charge in [0.05, 0.1) is 6.04 Å². The molecule has 3 amide bonds. The number of nitrogens with zero attached hydrogens (tertiary/aromatic N) is 2. The van der Waals surface area contributed by atoms with Crippen molar-refractivity contribution in [2.75, 3.05) is 6.54 Å². The first-order chi connectivity index (χ1) is 11.3. The number of urea groups is 1. The van der Waals surface area contributed by atoms with E-state index in [1.807, 2.05) is 30.3 Å². The maximum Gasteiger partial charge on any atom is 1.00 e. The third-order valence-corrected chi connectivity index (χ3v) is 4.52. The number of rotatable bonds is 5. The molecule has 2 aliphatic rings. The van der Waals surface area contributed by atoms with Gasteiger partial charge in [-0.25, -0.2) is 13.2 Å². The van der Waals surface area contributed by atoms with Crippen LogP contribution < -0.4 is 34.3 Å². The van der Waals surface area contributed by atoms with Gasteiger partial charge in [-0.3, -0.25) is 14.4 Å². The van der Waals surface area contributed by atoms with Gasteiger partial charge in [0, 0.05) is 6.54 Å². The van der Waals surface area contributed by atoms with Crippen LogP contribution in [0.25, 0.3) is 0 Å². The Hall–Kier alpha value is -1.17. The van der Waals surface area contributed by atoms with Crippen LogP contribution in [0.15, 0.2) is 30.3 Å². The number of fused-ring (bicyclic) bond motifs is 2. The summed E-state index contributed by atoms with van der Waals surface area (Å²) < 4.78 is 33.4. The van der Waals surface area contributed by atoms with E-state index >= 15 is 0 Å². The molecule has 25 heavy (non-hydrogen) atoms. The maximum absolute atomic E-state index is 12.4. The van der Waals surface area contributed by atoms with E-state index in [9.17, 15) is 22.6 Å². The Balaban J connectivity index is 0.00000225. The van der Waals surface area contributed by atoms with Crippen LogP contribution in [-0.4, -0.2) is 53.5 Å². The third-order valence-electron chi connectivity index (χ3n) is 4.06. The number of nitrogens with one attached hydrogen (secondary N) is 1. The minimum atomic E-state index is -4.90. The summed E-state index contributed by atoms with van der Waals surface area (Å²) in [5.41, 5.74) is 0.897. The van der Waals surface area contributed by atoms with Crippen molar-refractivity contribution in [1.29, 1.82) is 0 Å². The molecule has 0 aliphatic carbocycles. The van der Waals surface area contributed by atoms with Crippen LogP contribution in [0, 0.1) is 0 Å². The van der Waals surface area contributed by atoms with E-state index in [4.69, 9.17) is 4.84 Å². The van der Waals surface area contributed by atoms with E-state index in [0.717, 1.165) is 5.56 Å². The van der Waals surface area contributed by atoms with Gasteiger partial charge in [-0.15, -0.1) is 0 Å². The van der Waals surface area contributed by atoms with E-state index in [0.29, 0.717) is 6.42 Å². The quantitative estimate of drug-likeness (QED) is 0.431. The Kier molecular flexibility index (Phi) is 6.46. The molecule has 2 atom stereocenters. The van der Waals surface area contributed by atoms with Crippen LogP contribution >= 0.6 is 0 Å². The number of hydrogen-bond donors (Lipinski definition) is 1. The van der Waals surface area contributed by atoms with Gasteiger partial charge in [0.2, 0.25) is 0 Å². The molecule has 2 fully saturated rings. The monoisotopic (exact) mass is 377 g/mol. The number of benzene rings is 1. The van der Waals surface area contributed by atoms with Gasteiger partial charge in [0.15, 0.2) is 10.3 Å². The van der Waals surface area contributed by atoms with Crippen molar-refractivity contribution in [3.8, 4) is 0 Å². The van der Waals surface area contributed by atoms with Crippen molar-refractivity contribution in [2.45, 2.75) is 31.5 Å². The van der Waals surface area contributed by atoms with E-state index in [-0.39, 0.29) is 55.2 Å². The van der Waals surface area contributed by atoms with Crippen molar-refractivity contribution in [3.05, 3.63) is 35.9 Å². The zero-order chi connectivity index (χ0) is 17.3. The zero-order valence-corrected chi connectivity index (χ0v) is 16.4. The van der Waals surface area contributed by atoms with Gasteiger partial charge in [-0.05, 0) is 18.4 Å². The largest absolute Gasteiger partial charge is 1.00 e. The van der Waals surface area contributed by atoms with Crippen molar-refractivity contribution >= 4 is 22.2 Å².